The van der Waals surface area contributed by atoms with Crippen LogP contribution in [0, 0.1) is 12.7 Å². The Balaban J connectivity index is 1.47. The van der Waals surface area contributed by atoms with Gasteiger partial charge in [0.05, 0.1) is 13.1 Å². The van der Waals surface area contributed by atoms with E-state index in [0.717, 1.165) is 35.6 Å². The first-order chi connectivity index (χ1) is 14.6. The molecule has 0 atom stereocenters. The minimum Gasteiger partial charge on any atom is -0.355 e. The molecule has 1 aromatic heterocycles. The highest BCUT2D eigenvalue weighted by Gasteiger charge is 2.45. The Bertz CT molecular complexity index is 1020. The number of guanidine groups is 1. The quantitative estimate of drug-likeness (QED) is 0.467. The molecule has 0 radical (unpaired) electrons. The molecule has 0 aliphatic heterocycles. The van der Waals surface area contributed by atoms with Crippen molar-refractivity contribution in [1.29, 1.82) is 0 Å². The van der Waals surface area contributed by atoms with Gasteiger partial charge in [-0.3, -0.25) is 0 Å². The maximum Gasteiger partial charge on any atom is 0.192 e. The molecule has 1 heterocycles. The second-order valence-electron chi connectivity index (χ2n) is 7.84. The maximum absolute atomic E-state index is 14.3. The molecule has 0 amide bonds. The Morgan fingerprint density at radius 3 is 2.47 bits per heavy atom. The van der Waals surface area contributed by atoms with E-state index in [0.29, 0.717) is 25.6 Å². The van der Waals surface area contributed by atoms with Crippen molar-refractivity contribution in [3.8, 4) is 0 Å². The number of nitrogens with zero attached hydrogens (tertiary/aromatic N) is 4. The Labute approximate surface area is 176 Å². The molecule has 1 aliphatic rings. The van der Waals surface area contributed by atoms with Crippen LogP contribution in [0.5, 0.6) is 0 Å². The van der Waals surface area contributed by atoms with Gasteiger partial charge >= 0.3 is 0 Å². The van der Waals surface area contributed by atoms with E-state index in [4.69, 9.17) is 4.99 Å². The summed E-state index contributed by atoms with van der Waals surface area (Å²) in [6.07, 6.45) is 1.94. The predicted molar refractivity (Wildman–Crippen MR) is 115 cm³/mol. The van der Waals surface area contributed by atoms with Crippen LogP contribution in [0.15, 0.2) is 59.6 Å². The summed E-state index contributed by atoms with van der Waals surface area (Å²) in [5.41, 5.74) is 1.74. The van der Waals surface area contributed by atoms with Crippen LogP contribution in [0.2, 0.25) is 0 Å². The molecule has 1 aliphatic carbocycles. The van der Waals surface area contributed by atoms with Crippen LogP contribution in [-0.4, -0.2) is 27.3 Å². The number of aliphatic imine (C=N–C) groups is 1. The predicted octanol–water partition coefficient (Wildman–Crippen LogP) is 3.23. The number of hydrogen-bond acceptors (Lipinski definition) is 3. The second-order valence-corrected chi connectivity index (χ2v) is 7.84. The molecule has 1 saturated carbocycles. The highest BCUT2D eigenvalue weighted by Crippen LogP contribution is 2.48. The number of benzene rings is 2. The van der Waals surface area contributed by atoms with E-state index in [2.05, 4.69) is 33.0 Å². The SMILES string of the molecule is Cc1nnc(CNC(=NCc2ccccc2)NCC2(c3ccccc3F)CC2)n1C. The lowest BCUT2D eigenvalue weighted by molar-refractivity contribution is 0.559. The largest absolute Gasteiger partial charge is 0.355 e. The summed E-state index contributed by atoms with van der Waals surface area (Å²) in [5.74, 6) is 2.24. The van der Waals surface area contributed by atoms with Gasteiger partial charge in [-0.05, 0) is 37.0 Å². The fourth-order valence-corrected chi connectivity index (χ4v) is 3.53. The van der Waals surface area contributed by atoms with E-state index in [-0.39, 0.29) is 11.2 Å². The van der Waals surface area contributed by atoms with Crippen LogP contribution in [0.4, 0.5) is 4.39 Å². The van der Waals surface area contributed by atoms with Crippen molar-refractivity contribution in [3.05, 3.63) is 83.2 Å². The topological polar surface area (TPSA) is 67.1 Å². The molecule has 156 valence electrons. The first-order valence-electron chi connectivity index (χ1n) is 10.2. The molecule has 30 heavy (non-hydrogen) atoms. The van der Waals surface area contributed by atoms with Gasteiger partial charge in [0.25, 0.3) is 0 Å². The van der Waals surface area contributed by atoms with Crippen LogP contribution in [0.25, 0.3) is 0 Å². The molecule has 0 unspecified atom stereocenters. The van der Waals surface area contributed by atoms with E-state index < -0.39 is 0 Å². The number of aromatic nitrogens is 3. The minimum absolute atomic E-state index is 0.137. The van der Waals surface area contributed by atoms with Crippen LogP contribution >= 0.6 is 0 Å². The van der Waals surface area contributed by atoms with Crippen LogP contribution < -0.4 is 10.6 Å². The molecule has 2 N–H and O–H groups in total. The fourth-order valence-electron chi connectivity index (χ4n) is 3.53. The van der Waals surface area contributed by atoms with Crippen LogP contribution in [0.1, 0.15) is 35.6 Å². The van der Waals surface area contributed by atoms with Crippen molar-refractivity contribution in [1.82, 2.24) is 25.4 Å². The summed E-state index contributed by atoms with van der Waals surface area (Å²) in [7, 11) is 1.94. The van der Waals surface area contributed by atoms with Gasteiger partial charge in [-0.1, -0.05) is 48.5 Å². The van der Waals surface area contributed by atoms with Crippen LogP contribution in [-0.2, 0) is 25.6 Å². The van der Waals surface area contributed by atoms with Crippen molar-refractivity contribution >= 4 is 5.96 Å². The van der Waals surface area contributed by atoms with Gasteiger partial charge in [-0.2, -0.15) is 0 Å². The van der Waals surface area contributed by atoms with Gasteiger partial charge in [-0.25, -0.2) is 9.38 Å². The third-order valence-electron chi connectivity index (χ3n) is 5.75. The second kappa shape index (κ2) is 8.65. The molecular weight excluding hydrogens is 379 g/mol. The highest BCUT2D eigenvalue weighted by atomic mass is 19.1. The molecule has 1 fully saturated rings. The lowest BCUT2D eigenvalue weighted by Gasteiger charge is -2.20. The average molecular weight is 407 g/mol. The Kier molecular flexibility index (Phi) is 5.79. The molecule has 0 bridgehead atoms. The minimum atomic E-state index is -0.165. The van der Waals surface area contributed by atoms with E-state index in [1.165, 1.54) is 6.07 Å². The van der Waals surface area contributed by atoms with Crippen molar-refractivity contribution in [2.75, 3.05) is 6.54 Å². The van der Waals surface area contributed by atoms with Gasteiger partial charge < -0.3 is 15.2 Å². The lowest BCUT2D eigenvalue weighted by atomic mass is 9.95. The summed E-state index contributed by atoms with van der Waals surface area (Å²) in [6.45, 7) is 3.61. The normalized spacial score (nSPS) is 15.1. The Morgan fingerprint density at radius 2 is 1.80 bits per heavy atom. The number of hydrogen-bond donors (Lipinski definition) is 2. The van der Waals surface area contributed by atoms with E-state index in [1.54, 1.807) is 6.07 Å². The van der Waals surface area contributed by atoms with Gasteiger partial charge in [-0.15, -0.1) is 10.2 Å². The Hall–Kier alpha value is -3.22. The molecular formula is C23H27FN6. The molecule has 0 saturated heterocycles. The fraction of sp³-hybridized carbons (Fsp3) is 0.348. The molecule has 2 aromatic carbocycles. The monoisotopic (exact) mass is 406 g/mol. The van der Waals surface area contributed by atoms with Crippen molar-refractivity contribution < 1.29 is 4.39 Å². The first-order valence-corrected chi connectivity index (χ1v) is 10.2. The van der Waals surface area contributed by atoms with Crippen molar-refractivity contribution in [2.45, 2.75) is 38.3 Å². The molecule has 4 rings (SSSR count). The van der Waals surface area contributed by atoms with Gasteiger partial charge in [0.15, 0.2) is 11.8 Å². The summed E-state index contributed by atoms with van der Waals surface area (Å²) >= 11 is 0. The van der Waals surface area contributed by atoms with Gasteiger partial charge in [0, 0.05) is 19.0 Å². The van der Waals surface area contributed by atoms with Crippen molar-refractivity contribution in [2.24, 2.45) is 12.0 Å². The molecule has 6 nitrogen and oxygen atoms in total. The smallest absolute Gasteiger partial charge is 0.192 e. The zero-order valence-corrected chi connectivity index (χ0v) is 17.4. The summed E-state index contributed by atoms with van der Waals surface area (Å²) in [4.78, 5) is 4.74. The average Bonchev–Trinajstić information content (AvgIpc) is 3.49. The number of aryl methyl sites for hydroxylation is 1. The summed E-state index contributed by atoms with van der Waals surface area (Å²) < 4.78 is 16.3. The number of rotatable bonds is 7. The lowest BCUT2D eigenvalue weighted by Crippen LogP contribution is -2.41. The third kappa shape index (κ3) is 4.50. The van der Waals surface area contributed by atoms with E-state index in [9.17, 15) is 4.39 Å². The number of nitrogens with one attached hydrogen (secondary N) is 2. The van der Waals surface area contributed by atoms with Crippen molar-refractivity contribution in [3.63, 3.8) is 0 Å². The van der Waals surface area contributed by atoms with Gasteiger partial charge in [0.2, 0.25) is 0 Å². The molecule has 7 heteroatoms. The first kappa shape index (κ1) is 20.1. The summed E-state index contributed by atoms with van der Waals surface area (Å²) in [6, 6.07) is 17.2. The maximum atomic E-state index is 14.3. The van der Waals surface area contributed by atoms with Gasteiger partial charge in [0.1, 0.15) is 11.6 Å². The number of halogens is 1. The van der Waals surface area contributed by atoms with Crippen LogP contribution in [0.3, 0.4) is 0 Å². The summed E-state index contributed by atoms with van der Waals surface area (Å²) in [5, 5.41) is 15.1. The molecule has 0 spiro atoms. The third-order valence-corrected chi connectivity index (χ3v) is 5.75. The standard InChI is InChI=1S/C23H27FN6/c1-17-28-29-21(30(17)2)15-26-22(25-14-18-8-4-3-5-9-18)27-16-23(12-13-23)19-10-6-7-11-20(19)24/h3-11H,12-16H2,1-2H3,(H2,25,26,27). The zero-order chi connectivity index (χ0) is 21.0. The highest BCUT2D eigenvalue weighted by molar-refractivity contribution is 5.80. The molecule has 3 aromatic rings. The van der Waals surface area contributed by atoms with E-state index >= 15 is 0 Å². The zero-order valence-electron chi connectivity index (χ0n) is 17.4. The Morgan fingerprint density at radius 1 is 1.07 bits per heavy atom. The van der Waals surface area contributed by atoms with E-state index in [1.807, 2.05) is 48.9 Å².